The Hall–Kier alpha value is -2.28. The molecule has 0 spiro atoms. The monoisotopic (exact) mass is 350 g/mol. The van der Waals surface area contributed by atoms with Gasteiger partial charge in [0.1, 0.15) is 12.6 Å². The zero-order valence-corrected chi connectivity index (χ0v) is 15.4. The van der Waals surface area contributed by atoms with Crippen molar-refractivity contribution in [2.24, 2.45) is 0 Å². The highest BCUT2D eigenvalue weighted by Gasteiger charge is 2.38. The molecule has 2 N–H and O–H groups in total. The largest absolute Gasteiger partial charge is 0.493 e. The quantitative estimate of drug-likeness (QED) is 0.646. The number of nitrogens with one attached hydrogen (secondary N) is 2. The number of carbonyl (C=O) groups is 2. The van der Waals surface area contributed by atoms with Gasteiger partial charge in [0.2, 0.25) is 0 Å². The predicted molar refractivity (Wildman–Crippen MR) is 93.7 cm³/mol. The minimum atomic E-state index is -0.379. The summed E-state index contributed by atoms with van der Waals surface area (Å²) in [4.78, 5) is 26.7. The maximum absolute atomic E-state index is 12.3. The molecule has 2 atom stereocenters. The number of carbonyl (C=O) groups excluding carboxylic acids is 2. The first-order valence-corrected chi connectivity index (χ1v) is 8.73. The van der Waals surface area contributed by atoms with Crippen molar-refractivity contribution in [2.45, 2.75) is 39.3 Å². The second kappa shape index (κ2) is 8.71. The zero-order valence-electron chi connectivity index (χ0n) is 15.4. The van der Waals surface area contributed by atoms with Crippen LogP contribution < -0.4 is 19.7 Å². The van der Waals surface area contributed by atoms with Crippen LogP contribution in [0, 0.1) is 0 Å². The van der Waals surface area contributed by atoms with Crippen LogP contribution in [0.3, 0.4) is 0 Å². The summed E-state index contributed by atoms with van der Waals surface area (Å²) in [5.41, 5.74) is 1.05. The van der Waals surface area contributed by atoms with Crippen LogP contribution in [0.5, 0.6) is 11.5 Å². The van der Waals surface area contributed by atoms with Crippen LogP contribution in [0.1, 0.15) is 32.3 Å². The summed E-state index contributed by atoms with van der Waals surface area (Å²) in [6.07, 6.45) is 1.54. The number of rotatable bonds is 9. The van der Waals surface area contributed by atoms with Gasteiger partial charge in [0, 0.05) is 5.56 Å². The summed E-state index contributed by atoms with van der Waals surface area (Å²) in [6.45, 7) is 5.50. The second-order valence-corrected chi connectivity index (χ2v) is 6.27. The lowest BCUT2D eigenvalue weighted by Crippen LogP contribution is -3.09. The third kappa shape index (κ3) is 4.63. The van der Waals surface area contributed by atoms with Crippen molar-refractivity contribution in [3.05, 3.63) is 23.8 Å². The van der Waals surface area contributed by atoms with Crippen molar-refractivity contribution in [3.63, 3.8) is 0 Å². The number of quaternary nitrogens is 1. The molecular weight excluding hydrogens is 322 g/mol. The number of nitrogens with zero attached hydrogens (tertiary/aromatic N) is 1. The van der Waals surface area contributed by atoms with Crippen molar-refractivity contribution in [3.8, 4) is 11.5 Å². The molecule has 2 rings (SSSR count). The summed E-state index contributed by atoms with van der Waals surface area (Å²) in [5.74, 6) is 1.27. The van der Waals surface area contributed by atoms with Gasteiger partial charge in [-0.2, -0.15) is 0 Å². The van der Waals surface area contributed by atoms with E-state index in [-0.39, 0.29) is 18.0 Å². The molecule has 1 fully saturated rings. The number of urea groups is 1. The smallest absolute Gasteiger partial charge is 0.329 e. The first-order chi connectivity index (χ1) is 12.0. The fraction of sp³-hybridized carbons (Fsp3) is 0.556. The molecule has 1 heterocycles. The van der Waals surface area contributed by atoms with E-state index in [1.54, 1.807) is 7.11 Å². The van der Waals surface area contributed by atoms with E-state index in [1.165, 1.54) is 4.90 Å². The number of hydrogen-bond donors (Lipinski definition) is 2. The Balaban J connectivity index is 1.99. The van der Waals surface area contributed by atoms with E-state index >= 15 is 0 Å². The van der Waals surface area contributed by atoms with Crippen LogP contribution in [0.4, 0.5) is 4.79 Å². The van der Waals surface area contributed by atoms with Gasteiger partial charge in [-0.3, -0.25) is 4.79 Å². The average molecular weight is 350 g/mol. The molecule has 0 radical (unpaired) electrons. The Morgan fingerprint density at radius 1 is 1.24 bits per heavy atom. The van der Waals surface area contributed by atoms with Gasteiger partial charge in [-0.1, -0.05) is 13.3 Å². The van der Waals surface area contributed by atoms with Gasteiger partial charge in [-0.15, -0.1) is 0 Å². The van der Waals surface area contributed by atoms with E-state index in [0.29, 0.717) is 37.7 Å². The molecule has 1 aliphatic rings. The fourth-order valence-electron chi connectivity index (χ4n) is 2.98. The third-order valence-electron chi connectivity index (χ3n) is 4.15. The topological polar surface area (TPSA) is 72.3 Å². The number of imide groups is 1. The summed E-state index contributed by atoms with van der Waals surface area (Å²) in [7, 11) is 3.57. The SMILES string of the molecule is CCC[C@@H]1NC(=O)N(C[NH+](C)Cc2ccc(OCC)c(OC)c2)C1=O. The van der Waals surface area contributed by atoms with E-state index < -0.39 is 0 Å². The average Bonchev–Trinajstić information content (AvgIpc) is 2.84. The molecule has 1 aromatic carbocycles. The number of methoxy groups -OCH3 is 1. The van der Waals surface area contributed by atoms with Crippen LogP contribution in [-0.2, 0) is 11.3 Å². The van der Waals surface area contributed by atoms with Gasteiger partial charge in [0.15, 0.2) is 18.2 Å². The fourth-order valence-corrected chi connectivity index (χ4v) is 2.98. The molecule has 0 bridgehead atoms. The first-order valence-electron chi connectivity index (χ1n) is 8.73. The van der Waals surface area contributed by atoms with Crippen LogP contribution in [0.2, 0.25) is 0 Å². The van der Waals surface area contributed by atoms with Crippen molar-refractivity contribution >= 4 is 11.9 Å². The van der Waals surface area contributed by atoms with Gasteiger partial charge < -0.3 is 19.7 Å². The van der Waals surface area contributed by atoms with E-state index in [9.17, 15) is 9.59 Å². The standard InChI is InChI=1S/C18H27N3O4/c1-5-7-14-17(22)21(18(23)19-14)12-20(3)11-13-8-9-15(25-6-2)16(10-13)24-4/h8-10,14H,5-7,11-12H2,1-4H3,(H,19,23)/p+1/t14-/m0/s1. The van der Waals surface area contributed by atoms with Crippen LogP contribution in [0.15, 0.2) is 18.2 Å². The summed E-state index contributed by atoms with van der Waals surface area (Å²) in [6, 6.07) is 5.11. The molecule has 7 nitrogen and oxygen atoms in total. The van der Waals surface area contributed by atoms with E-state index in [4.69, 9.17) is 9.47 Å². The molecule has 1 unspecified atom stereocenters. The van der Waals surface area contributed by atoms with Gasteiger partial charge in [-0.25, -0.2) is 9.69 Å². The predicted octanol–water partition coefficient (Wildman–Crippen LogP) is 0.787. The third-order valence-corrected chi connectivity index (χ3v) is 4.15. The van der Waals surface area contributed by atoms with Gasteiger partial charge in [0.25, 0.3) is 5.91 Å². The van der Waals surface area contributed by atoms with Crippen LogP contribution >= 0.6 is 0 Å². The highest BCUT2D eigenvalue weighted by molar-refractivity contribution is 6.03. The molecule has 3 amide bonds. The maximum Gasteiger partial charge on any atom is 0.329 e. The molecule has 0 aromatic heterocycles. The molecule has 0 aliphatic carbocycles. The second-order valence-electron chi connectivity index (χ2n) is 6.27. The summed E-state index contributed by atoms with van der Waals surface area (Å²) in [5, 5.41) is 2.75. The lowest BCUT2D eigenvalue weighted by molar-refractivity contribution is -0.901. The molecule has 1 aromatic rings. The molecule has 1 saturated heterocycles. The van der Waals surface area contributed by atoms with Gasteiger partial charge >= 0.3 is 6.03 Å². The minimum absolute atomic E-state index is 0.129. The Kier molecular flexibility index (Phi) is 6.64. The Morgan fingerprint density at radius 2 is 2.00 bits per heavy atom. The lowest BCUT2D eigenvalue weighted by Gasteiger charge is -2.20. The Labute approximate surface area is 148 Å². The van der Waals surface area contributed by atoms with Crippen LogP contribution in [-0.4, -0.2) is 50.3 Å². The van der Waals surface area contributed by atoms with Crippen molar-refractivity contribution in [2.75, 3.05) is 27.4 Å². The van der Waals surface area contributed by atoms with Gasteiger partial charge in [0.05, 0.1) is 20.8 Å². The van der Waals surface area contributed by atoms with E-state index in [2.05, 4.69) is 5.32 Å². The van der Waals surface area contributed by atoms with E-state index in [1.807, 2.05) is 39.1 Å². The van der Waals surface area contributed by atoms with Crippen LogP contribution in [0.25, 0.3) is 0 Å². The molecule has 138 valence electrons. The number of benzene rings is 1. The normalized spacial score (nSPS) is 18.2. The minimum Gasteiger partial charge on any atom is -0.493 e. The molecule has 7 heteroatoms. The molecule has 25 heavy (non-hydrogen) atoms. The maximum atomic E-state index is 12.3. The van der Waals surface area contributed by atoms with Crippen molar-refractivity contribution in [1.29, 1.82) is 0 Å². The highest BCUT2D eigenvalue weighted by atomic mass is 16.5. The lowest BCUT2D eigenvalue weighted by atomic mass is 10.2. The number of ether oxygens (including phenoxy) is 2. The Morgan fingerprint density at radius 3 is 2.64 bits per heavy atom. The molecule has 1 aliphatic heterocycles. The highest BCUT2D eigenvalue weighted by Crippen LogP contribution is 2.27. The van der Waals surface area contributed by atoms with Crippen molar-refractivity contribution < 1.29 is 24.0 Å². The first kappa shape index (κ1) is 19.1. The molecular formula is C18H28N3O4+. The summed E-state index contributed by atoms with van der Waals surface area (Å²) >= 11 is 0. The Bertz CT molecular complexity index is 620. The number of hydrogen-bond acceptors (Lipinski definition) is 4. The zero-order chi connectivity index (χ0) is 18.4. The van der Waals surface area contributed by atoms with Gasteiger partial charge in [-0.05, 0) is 31.5 Å². The van der Waals surface area contributed by atoms with Crippen molar-refractivity contribution in [1.82, 2.24) is 10.2 Å². The summed E-state index contributed by atoms with van der Waals surface area (Å²) < 4.78 is 10.9. The van der Waals surface area contributed by atoms with E-state index in [0.717, 1.165) is 16.9 Å². The molecule has 0 saturated carbocycles. The number of amides is 3.